The first-order valence-electron chi connectivity index (χ1n) is 9.82. The summed E-state index contributed by atoms with van der Waals surface area (Å²) in [5.41, 5.74) is 1.48. The van der Waals surface area contributed by atoms with Gasteiger partial charge in [-0.05, 0) is 49.1 Å². The van der Waals surface area contributed by atoms with Crippen molar-refractivity contribution in [1.82, 2.24) is 10.3 Å². The number of carbonyl (C=O) groups is 1. The Morgan fingerprint density at radius 3 is 2.83 bits per heavy atom. The number of fused-ring (bicyclic) bond motifs is 1. The maximum atomic E-state index is 12.5. The lowest BCUT2D eigenvalue weighted by Gasteiger charge is -2.31. The summed E-state index contributed by atoms with van der Waals surface area (Å²) >= 11 is 7.65. The van der Waals surface area contributed by atoms with E-state index in [1.807, 2.05) is 12.1 Å². The van der Waals surface area contributed by atoms with E-state index in [-0.39, 0.29) is 11.9 Å². The third-order valence-corrected chi connectivity index (χ3v) is 6.38. The fraction of sp³-hybridized carbons (Fsp3) is 0.429. The Morgan fingerprint density at radius 2 is 2.07 bits per heavy atom. The fourth-order valence-electron chi connectivity index (χ4n) is 3.26. The quantitative estimate of drug-likeness (QED) is 0.537. The SMILES string of the molecule is CC(C)CSc1ccc(C(=O)NC2CCN(c3nc4cc(Cl)ccc4o3)CC2)o1. The van der Waals surface area contributed by atoms with Crippen LogP contribution in [-0.4, -0.2) is 35.8 Å². The number of piperidine rings is 1. The zero-order valence-corrected chi connectivity index (χ0v) is 18.1. The summed E-state index contributed by atoms with van der Waals surface area (Å²) in [5, 5.41) is 4.51. The maximum Gasteiger partial charge on any atom is 0.298 e. The molecular weight excluding hydrogens is 410 g/mol. The lowest BCUT2D eigenvalue weighted by atomic mass is 10.1. The van der Waals surface area contributed by atoms with E-state index in [0.29, 0.717) is 22.7 Å². The molecule has 1 amide bonds. The summed E-state index contributed by atoms with van der Waals surface area (Å²) in [7, 11) is 0. The molecule has 0 bridgehead atoms. The van der Waals surface area contributed by atoms with Crippen LogP contribution in [0.1, 0.15) is 37.2 Å². The molecule has 8 heteroatoms. The molecule has 1 aliphatic rings. The Bertz CT molecular complexity index is 992. The van der Waals surface area contributed by atoms with Gasteiger partial charge in [0.05, 0.1) is 0 Å². The standard InChI is InChI=1S/C21H24ClN3O3S/c1-13(2)12-29-19-6-5-18(27-19)20(26)23-15-7-9-25(10-8-15)21-24-16-11-14(22)3-4-17(16)28-21/h3-6,11,13,15H,7-10,12H2,1-2H3,(H,23,26). The minimum atomic E-state index is -0.156. The van der Waals surface area contributed by atoms with Gasteiger partial charge in [0.15, 0.2) is 16.4 Å². The fourth-order valence-corrected chi connectivity index (χ4v) is 4.24. The Kier molecular flexibility index (Phi) is 6.06. The first-order valence-corrected chi connectivity index (χ1v) is 11.2. The van der Waals surface area contributed by atoms with Gasteiger partial charge in [-0.2, -0.15) is 4.98 Å². The molecule has 0 unspecified atom stereocenters. The molecule has 4 rings (SSSR count). The van der Waals surface area contributed by atoms with E-state index in [0.717, 1.165) is 47.9 Å². The Morgan fingerprint density at radius 1 is 1.28 bits per heavy atom. The number of nitrogens with zero attached hydrogens (tertiary/aromatic N) is 2. The van der Waals surface area contributed by atoms with Crippen molar-refractivity contribution in [3.8, 4) is 0 Å². The second-order valence-corrected chi connectivity index (χ2v) is 9.13. The number of halogens is 1. The van der Waals surface area contributed by atoms with Crippen molar-refractivity contribution >= 4 is 46.4 Å². The number of anilines is 1. The number of amides is 1. The minimum absolute atomic E-state index is 0.106. The van der Waals surface area contributed by atoms with Gasteiger partial charge in [-0.15, -0.1) is 0 Å². The number of furan rings is 1. The predicted molar refractivity (Wildman–Crippen MR) is 116 cm³/mol. The van der Waals surface area contributed by atoms with Crippen LogP contribution in [0.4, 0.5) is 6.01 Å². The normalized spacial score (nSPS) is 15.4. The number of hydrogen-bond acceptors (Lipinski definition) is 6. The molecule has 0 spiro atoms. The Hall–Kier alpha value is -2.12. The van der Waals surface area contributed by atoms with Crippen molar-refractivity contribution in [2.45, 2.75) is 37.8 Å². The summed E-state index contributed by atoms with van der Waals surface area (Å²) < 4.78 is 11.5. The largest absolute Gasteiger partial charge is 0.445 e. The van der Waals surface area contributed by atoms with Gasteiger partial charge in [0.25, 0.3) is 11.9 Å². The van der Waals surface area contributed by atoms with Gasteiger partial charge in [0, 0.05) is 29.9 Å². The topological polar surface area (TPSA) is 71.5 Å². The van der Waals surface area contributed by atoms with Crippen LogP contribution < -0.4 is 10.2 Å². The molecule has 0 radical (unpaired) electrons. The van der Waals surface area contributed by atoms with E-state index in [2.05, 4.69) is 29.0 Å². The van der Waals surface area contributed by atoms with Crippen LogP contribution in [0, 0.1) is 5.92 Å². The monoisotopic (exact) mass is 433 g/mol. The van der Waals surface area contributed by atoms with Gasteiger partial charge in [0.2, 0.25) is 0 Å². The van der Waals surface area contributed by atoms with Gasteiger partial charge in [0.1, 0.15) is 5.52 Å². The second-order valence-electron chi connectivity index (χ2n) is 7.67. The molecule has 3 heterocycles. The van der Waals surface area contributed by atoms with E-state index >= 15 is 0 Å². The highest BCUT2D eigenvalue weighted by atomic mass is 35.5. The van der Waals surface area contributed by atoms with E-state index < -0.39 is 0 Å². The molecule has 154 valence electrons. The van der Waals surface area contributed by atoms with Crippen molar-refractivity contribution < 1.29 is 13.6 Å². The number of rotatable bonds is 6. The van der Waals surface area contributed by atoms with Crippen LogP contribution in [0.2, 0.25) is 5.02 Å². The van der Waals surface area contributed by atoms with E-state index in [1.165, 1.54) is 0 Å². The van der Waals surface area contributed by atoms with E-state index in [4.69, 9.17) is 20.4 Å². The number of benzene rings is 1. The first-order chi connectivity index (χ1) is 14.0. The molecule has 2 aromatic heterocycles. The van der Waals surface area contributed by atoms with Crippen LogP contribution in [-0.2, 0) is 0 Å². The highest BCUT2D eigenvalue weighted by Gasteiger charge is 2.25. The molecule has 1 fully saturated rings. The number of oxazole rings is 1. The summed E-state index contributed by atoms with van der Waals surface area (Å²) in [5.74, 6) is 1.76. The average molecular weight is 434 g/mol. The third kappa shape index (κ3) is 4.90. The minimum Gasteiger partial charge on any atom is -0.445 e. The highest BCUT2D eigenvalue weighted by Crippen LogP contribution is 2.27. The Labute approximate surface area is 179 Å². The molecule has 0 atom stereocenters. The highest BCUT2D eigenvalue weighted by molar-refractivity contribution is 7.99. The smallest absolute Gasteiger partial charge is 0.298 e. The van der Waals surface area contributed by atoms with E-state index in [1.54, 1.807) is 30.0 Å². The van der Waals surface area contributed by atoms with Crippen LogP contribution in [0.15, 0.2) is 44.3 Å². The molecule has 1 saturated heterocycles. The number of hydrogen-bond donors (Lipinski definition) is 1. The predicted octanol–water partition coefficient (Wildman–Crippen LogP) is 5.22. The first kappa shape index (κ1) is 20.2. The van der Waals surface area contributed by atoms with Gasteiger partial charge < -0.3 is 19.1 Å². The van der Waals surface area contributed by atoms with Crippen molar-refractivity contribution in [3.63, 3.8) is 0 Å². The number of aromatic nitrogens is 1. The molecule has 1 aliphatic heterocycles. The number of carbonyl (C=O) groups excluding carboxylic acids is 1. The molecule has 0 aliphatic carbocycles. The van der Waals surface area contributed by atoms with Gasteiger partial charge >= 0.3 is 0 Å². The van der Waals surface area contributed by atoms with Crippen LogP contribution >= 0.6 is 23.4 Å². The number of nitrogens with one attached hydrogen (secondary N) is 1. The lowest BCUT2D eigenvalue weighted by molar-refractivity contribution is 0.0897. The lowest BCUT2D eigenvalue weighted by Crippen LogP contribution is -2.44. The Balaban J connectivity index is 1.30. The van der Waals surface area contributed by atoms with Gasteiger partial charge in [-0.1, -0.05) is 37.2 Å². The van der Waals surface area contributed by atoms with Gasteiger partial charge in [-0.25, -0.2) is 0 Å². The third-order valence-electron chi connectivity index (χ3n) is 4.80. The summed E-state index contributed by atoms with van der Waals surface area (Å²) in [6.45, 7) is 5.84. The van der Waals surface area contributed by atoms with Gasteiger partial charge in [-0.3, -0.25) is 4.79 Å². The molecule has 3 aromatic rings. The summed E-state index contributed by atoms with van der Waals surface area (Å²) in [6.07, 6.45) is 1.64. The van der Waals surface area contributed by atoms with Crippen LogP contribution in [0.3, 0.4) is 0 Å². The van der Waals surface area contributed by atoms with Crippen molar-refractivity contribution in [3.05, 3.63) is 41.1 Å². The van der Waals surface area contributed by atoms with Crippen LogP contribution in [0.25, 0.3) is 11.1 Å². The van der Waals surface area contributed by atoms with Crippen molar-refractivity contribution in [2.75, 3.05) is 23.7 Å². The molecule has 6 nitrogen and oxygen atoms in total. The van der Waals surface area contributed by atoms with E-state index in [9.17, 15) is 4.79 Å². The summed E-state index contributed by atoms with van der Waals surface area (Å²) in [4.78, 5) is 19.1. The summed E-state index contributed by atoms with van der Waals surface area (Å²) in [6, 6.07) is 9.74. The molecule has 1 aromatic carbocycles. The zero-order valence-electron chi connectivity index (χ0n) is 16.5. The molecule has 1 N–H and O–H groups in total. The van der Waals surface area contributed by atoms with Crippen molar-refractivity contribution in [2.24, 2.45) is 5.92 Å². The number of thioether (sulfide) groups is 1. The van der Waals surface area contributed by atoms with Crippen molar-refractivity contribution in [1.29, 1.82) is 0 Å². The second kappa shape index (κ2) is 8.71. The van der Waals surface area contributed by atoms with Crippen LogP contribution in [0.5, 0.6) is 0 Å². The molecular formula is C21H24ClN3O3S. The maximum absolute atomic E-state index is 12.5. The molecule has 29 heavy (non-hydrogen) atoms. The zero-order chi connectivity index (χ0) is 20.4. The average Bonchev–Trinajstić information content (AvgIpc) is 3.33. The molecule has 0 saturated carbocycles.